The van der Waals surface area contributed by atoms with E-state index in [0.29, 0.717) is 35.4 Å². The monoisotopic (exact) mass is 519 g/mol. The van der Waals surface area contributed by atoms with E-state index in [1.165, 1.54) is 0 Å². The lowest BCUT2D eigenvalue weighted by Crippen LogP contribution is -2.18. The molecule has 4 rings (SSSR count). The molecule has 0 radical (unpaired) electrons. The number of H-pyrrole nitrogens is 1. The fourth-order valence-electron chi connectivity index (χ4n) is 3.77. The summed E-state index contributed by atoms with van der Waals surface area (Å²) in [6.45, 7) is 4.15. The number of hydrogen-bond acceptors (Lipinski definition) is 6. The average molecular weight is 520 g/mol. The largest absolute Gasteiger partial charge is 0.494 e. The number of carbonyl (C=O) groups is 1. The number of aromatic amines is 1. The number of amides is 1. The highest BCUT2D eigenvalue weighted by Gasteiger charge is 2.15. The van der Waals surface area contributed by atoms with E-state index >= 15 is 0 Å². The van der Waals surface area contributed by atoms with Crippen molar-refractivity contribution in [2.75, 3.05) is 11.9 Å². The van der Waals surface area contributed by atoms with Crippen molar-refractivity contribution in [3.8, 4) is 16.9 Å². The molecule has 3 N–H and O–H groups in total. The van der Waals surface area contributed by atoms with E-state index in [1.807, 2.05) is 48.5 Å². The molecule has 0 aliphatic carbocycles. The Morgan fingerprint density at radius 3 is 2.70 bits per heavy atom. The molecule has 0 aliphatic heterocycles. The molecular weight excluding hydrogens is 490 g/mol. The van der Waals surface area contributed by atoms with Crippen molar-refractivity contribution in [3.05, 3.63) is 89.1 Å². The first-order valence-electron chi connectivity index (χ1n) is 12.1. The smallest absolute Gasteiger partial charge is 0.296 e. The van der Waals surface area contributed by atoms with Crippen LogP contribution in [0.25, 0.3) is 11.1 Å². The Bertz CT molecular complexity index is 1340. The third kappa shape index (κ3) is 7.87. The minimum atomic E-state index is -0.667. The van der Waals surface area contributed by atoms with Gasteiger partial charge >= 0.3 is 0 Å². The molecule has 0 unspecified atom stereocenters. The summed E-state index contributed by atoms with van der Waals surface area (Å²) in [5, 5.41) is 20.0. The van der Waals surface area contributed by atoms with Gasteiger partial charge in [0.25, 0.3) is 5.91 Å². The molecule has 0 fully saturated rings. The number of hydrogen-bond donors (Lipinski definition) is 3. The average Bonchev–Trinajstić information content (AvgIpc) is 3.33. The standard InChI is InChI=1S/C28H30ClN5O3/c1-28(2,36)13-6-7-15-37-21-10-11-23(29)22(18-21)20-12-14-30-24(17-20)32-27(35)26-31-25(33-34-26)16-19-8-4-3-5-9-19/h3-5,8-12,14,17-18,36H,6-7,13,15-16H2,1-2H3,(H,30,32,35)(H,31,33,34). The number of unbranched alkanes of at least 4 members (excludes halogenated alkanes) is 1. The predicted molar refractivity (Wildman–Crippen MR) is 144 cm³/mol. The lowest BCUT2D eigenvalue weighted by atomic mass is 10.0. The Morgan fingerprint density at radius 1 is 1.11 bits per heavy atom. The second kappa shape index (κ2) is 12.0. The fourth-order valence-corrected chi connectivity index (χ4v) is 4.00. The maximum Gasteiger partial charge on any atom is 0.296 e. The number of benzene rings is 2. The van der Waals surface area contributed by atoms with E-state index in [1.54, 1.807) is 32.2 Å². The normalized spacial score (nSPS) is 11.4. The zero-order valence-corrected chi connectivity index (χ0v) is 21.6. The maximum atomic E-state index is 12.7. The molecule has 1 amide bonds. The summed E-state index contributed by atoms with van der Waals surface area (Å²) in [7, 11) is 0. The van der Waals surface area contributed by atoms with Crippen molar-refractivity contribution in [2.24, 2.45) is 0 Å². The third-order valence-corrected chi connectivity index (χ3v) is 5.98. The van der Waals surface area contributed by atoms with Crippen LogP contribution in [0.5, 0.6) is 5.75 Å². The first kappa shape index (κ1) is 26.3. The van der Waals surface area contributed by atoms with E-state index in [0.717, 1.165) is 36.0 Å². The van der Waals surface area contributed by atoms with Crippen LogP contribution in [-0.4, -0.2) is 43.4 Å². The van der Waals surface area contributed by atoms with Crippen molar-refractivity contribution < 1.29 is 14.6 Å². The predicted octanol–water partition coefficient (Wildman–Crippen LogP) is 5.68. The van der Waals surface area contributed by atoms with Gasteiger partial charge in [-0.05, 0) is 74.6 Å². The van der Waals surface area contributed by atoms with Gasteiger partial charge in [0.05, 0.1) is 12.2 Å². The summed E-state index contributed by atoms with van der Waals surface area (Å²) < 4.78 is 5.89. The van der Waals surface area contributed by atoms with Gasteiger partial charge in [0.15, 0.2) is 0 Å². The van der Waals surface area contributed by atoms with Crippen LogP contribution in [0.3, 0.4) is 0 Å². The quantitative estimate of drug-likeness (QED) is 0.220. The molecule has 0 bridgehead atoms. The van der Waals surface area contributed by atoms with Crippen LogP contribution in [-0.2, 0) is 6.42 Å². The van der Waals surface area contributed by atoms with Crippen LogP contribution < -0.4 is 10.1 Å². The molecule has 0 aliphatic rings. The molecule has 9 heteroatoms. The molecule has 8 nitrogen and oxygen atoms in total. The summed E-state index contributed by atoms with van der Waals surface area (Å²) in [5.74, 6) is 1.22. The lowest BCUT2D eigenvalue weighted by Gasteiger charge is -2.16. The number of carbonyl (C=O) groups excluding carboxylic acids is 1. The number of aromatic nitrogens is 4. The molecule has 37 heavy (non-hydrogen) atoms. The zero-order valence-electron chi connectivity index (χ0n) is 20.9. The fraction of sp³-hybridized carbons (Fsp3) is 0.286. The summed E-state index contributed by atoms with van der Waals surface area (Å²) >= 11 is 6.47. The Morgan fingerprint density at radius 2 is 1.92 bits per heavy atom. The first-order valence-corrected chi connectivity index (χ1v) is 12.5. The number of rotatable bonds is 11. The molecule has 2 aromatic heterocycles. The van der Waals surface area contributed by atoms with E-state index < -0.39 is 11.5 Å². The van der Waals surface area contributed by atoms with Crippen LogP contribution in [0.1, 0.15) is 55.1 Å². The van der Waals surface area contributed by atoms with Gasteiger partial charge in [-0.3, -0.25) is 9.89 Å². The summed E-state index contributed by atoms with van der Waals surface area (Å²) in [5.41, 5.74) is 1.94. The number of anilines is 1. The Labute approximate surface area is 221 Å². The van der Waals surface area contributed by atoms with Crippen LogP contribution in [0.15, 0.2) is 66.9 Å². The van der Waals surface area contributed by atoms with Crippen LogP contribution >= 0.6 is 11.6 Å². The molecule has 0 saturated carbocycles. The van der Waals surface area contributed by atoms with Gasteiger partial charge in [0.2, 0.25) is 5.82 Å². The number of nitrogens with one attached hydrogen (secondary N) is 2. The van der Waals surface area contributed by atoms with Crippen LogP contribution in [0.4, 0.5) is 5.82 Å². The number of halogens is 1. The number of pyridine rings is 1. The van der Waals surface area contributed by atoms with Crippen molar-refractivity contribution in [3.63, 3.8) is 0 Å². The molecule has 2 aromatic carbocycles. The highest BCUT2D eigenvalue weighted by Crippen LogP contribution is 2.32. The van der Waals surface area contributed by atoms with Gasteiger partial charge in [-0.15, -0.1) is 5.10 Å². The molecule has 192 valence electrons. The minimum absolute atomic E-state index is 0.0381. The number of aliphatic hydroxyl groups is 1. The molecular formula is C28H30ClN5O3. The lowest BCUT2D eigenvalue weighted by molar-refractivity contribution is 0.0670. The SMILES string of the molecule is CC(C)(O)CCCCOc1ccc(Cl)c(-c2ccnc(NC(=O)c3n[nH]c(Cc4ccccc4)n3)c2)c1. The molecule has 4 aromatic rings. The van der Waals surface area contributed by atoms with Crippen LogP contribution in [0, 0.1) is 0 Å². The minimum Gasteiger partial charge on any atom is -0.494 e. The van der Waals surface area contributed by atoms with E-state index in [4.69, 9.17) is 16.3 Å². The van der Waals surface area contributed by atoms with Gasteiger partial charge in [-0.2, -0.15) is 0 Å². The summed E-state index contributed by atoms with van der Waals surface area (Å²) in [6, 6.07) is 18.8. The highest BCUT2D eigenvalue weighted by molar-refractivity contribution is 6.33. The Hall–Kier alpha value is -3.75. The highest BCUT2D eigenvalue weighted by atomic mass is 35.5. The van der Waals surface area contributed by atoms with Gasteiger partial charge in [0, 0.05) is 23.2 Å². The second-order valence-corrected chi connectivity index (χ2v) is 9.82. The van der Waals surface area contributed by atoms with E-state index in [2.05, 4.69) is 25.5 Å². The maximum absolute atomic E-state index is 12.7. The number of ether oxygens (including phenoxy) is 1. The third-order valence-electron chi connectivity index (χ3n) is 5.65. The Balaban J connectivity index is 1.39. The molecule has 0 spiro atoms. The molecule has 2 heterocycles. The van der Waals surface area contributed by atoms with E-state index in [-0.39, 0.29) is 5.82 Å². The van der Waals surface area contributed by atoms with Gasteiger partial charge in [-0.1, -0.05) is 41.9 Å². The van der Waals surface area contributed by atoms with Gasteiger partial charge in [-0.25, -0.2) is 9.97 Å². The molecule has 0 atom stereocenters. The van der Waals surface area contributed by atoms with E-state index in [9.17, 15) is 9.90 Å². The first-order chi connectivity index (χ1) is 17.8. The molecule has 0 saturated heterocycles. The van der Waals surface area contributed by atoms with Crippen molar-refractivity contribution in [2.45, 2.75) is 45.1 Å². The second-order valence-electron chi connectivity index (χ2n) is 9.41. The van der Waals surface area contributed by atoms with Gasteiger partial charge in [0.1, 0.15) is 17.4 Å². The van der Waals surface area contributed by atoms with Gasteiger partial charge < -0.3 is 15.2 Å². The van der Waals surface area contributed by atoms with Crippen molar-refractivity contribution in [1.29, 1.82) is 0 Å². The van der Waals surface area contributed by atoms with Crippen LogP contribution in [0.2, 0.25) is 5.02 Å². The van der Waals surface area contributed by atoms with Crippen molar-refractivity contribution >= 4 is 23.3 Å². The summed E-state index contributed by atoms with van der Waals surface area (Å²) in [6.07, 6.45) is 4.57. The Kier molecular flexibility index (Phi) is 8.53. The van der Waals surface area contributed by atoms with Crippen molar-refractivity contribution in [1.82, 2.24) is 20.2 Å². The zero-order chi connectivity index (χ0) is 26.3. The number of nitrogens with zero attached hydrogens (tertiary/aromatic N) is 3. The summed E-state index contributed by atoms with van der Waals surface area (Å²) in [4.78, 5) is 21.3. The topological polar surface area (TPSA) is 113 Å².